The summed E-state index contributed by atoms with van der Waals surface area (Å²) in [7, 11) is 0. The largest absolute Gasteiger partial charge is 0.330 e. The second-order valence-corrected chi connectivity index (χ2v) is 5.51. The Labute approximate surface area is 112 Å². The van der Waals surface area contributed by atoms with Crippen molar-refractivity contribution in [3.63, 3.8) is 0 Å². The van der Waals surface area contributed by atoms with Crippen molar-refractivity contribution in [1.29, 1.82) is 0 Å². The van der Waals surface area contributed by atoms with Gasteiger partial charge in [0.1, 0.15) is 12.6 Å². The highest BCUT2D eigenvalue weighted by Crippen LogP contribution is 2.30. The van der Waals surface area contributed by atoms with Gasteiger partial charge in [0.2, 0.25) is 17.7 Å². The molecule has 3 N–H and O–H groups in total. The number of piperazine rings is 1. The van der Waals surface area contributed by atoms with Crippen LogP contribution < -0.4 is 11.1 Å². The SMILES string of the molecule is CC1C(=O)NC(=O)CN1C(=O)C1CCC(CN)CC1. The van der Waals surface area contributed by atoms with E-state index >= 15 is 0 Å². The fourth-order valence-corrected chi connectivity index (χ4v) is 2.86. The fourth-order valence-electron chi connectivity index (χ4n) is 2.86. The van der Waals surface area contributed by atoms with E-state index in [9.17, 15) is 14.4 Å². The highest BCUT2D eigenvalue weighted by Gasteiger charge is 2.37. The van der Waals surface area contributed by atoms with Crippen LogP contribution in [0.15, 0.2) is 0 Å². The Morgan fingerprint density at radius 2 is 1.95 bits per heavy atom. The maximum atomic E-state index is 12.4. The summed E-state index contributed by atoms with van der Waals surface area (Å²) >= 11 is 0. The first-order chi connectivity index (χ1) is 9.02. The Hall–Kier alpha value is -1.43. The summed E-state index contributed by atoms with van der Waals surface area (Å²) in [6, 6.07) is -0.558. The lowest BCUT2D eigenvalue weighted by molar-refractivity contribution is -0.152. The summed E-state index contributed by atoms with van der Waals surface area (Å²) in [6.07, 6.45) is 3.52. The van der Waals surface area contributed by atoms with Gasteiger partial charge in [-0.1, -0.05) is 0 Å². The molecule has 0 aromatic heterocycles. The zero-order valence-corrected chi connectivity index (χ0v) is 11.2. The van der Waals surface area contributed by atoms with Crippen LogP contribution in [0.25, 0.3) is 0 Å². The third-order valence-corrected chi connectivity index (χ3v) is 4.24. The van der Waals surface area contributed by atoms with Crippen LogP contribution in [0.4, 0.5) is 0 Å². The summed E-state index contributed by atoms with van der Waals surface area (Å²) < 4.78 is 0. The van der Waals surface area contributed by atoms with Crippen molar-refractivity contribution in [3.05, 3.63) is 0 Å². The number of hydrogen-bond donors (Lipinski definition) is 2. The molecule has 2 fully saturated rings. The topological polar surface area (TPSA) is 92.5 Å². The Bertz CT molecular complexity index is 389. The molecule has 3 amide bonds. The zero-order valence-electron chi connectivity index (χ0n) is 11.2. The molecule has 2 aliphatic rings. The number of nitrogens with two attached hydrogens (primary N) is 1. The van der Waals surface area contributed by atoms with E-state index in [4.69, 9.17) is 5.73 Å². The van der Waals surface area contributed by atoms with E-state index in [1.165, 1.54) is 4.90 Å². The van der Waals surface area contributed by atoms with Crippen molar-refractivity contribution in [2.45, 2.75) is 38.6 Å². The van der Waals surface area contributed by atoms with Crippen LogP contribution in [0.3, 0.4) is 0 Å². The molecule has 6 nitrogen and oxygen atoms in total. The van der Waals surface area contributed by atoms with Crippen LogP contribution >= 0.6 is 0 Å². The zero-order chi connectivity index (χ0) is 14.0. The van der Waals surface area contributed by atoms with E-state index in [0.29, 0.717) is 12.5 Å². The molecule has 0 bridgehead atoms. The smallest absolute Gasteiger partial charge is 0.249 e. The maximum absolute atomic E-state index is 12.4. The van der Waals surface area contributed by atoms with Crippen LogP contribution in [0.2, 0.25) is 0 Å². The number of nitrogens with zero attached hydrogens (tertiary/aromatic N) is 1. The molecule has 0 aromatic rings. The van der Waals surface area contributed by atoms with E-state index in [1.807, 2.05) is 0 Å². The summed E-state index contributed by atoms with van der Waals surface area (Å²) in [6.45, 7) is 2.32. The van der Waals surface area contributed by atoms with Gasteiger partial charge in [-0.3, -0.25) is 19.7 Å². The predicted molar refractivity (Wildman–Crippen MR) is 68.8 cm³/mol. The van der Waals surface area contributed by atoms with Gasteiger partial charge in [-0.15, -0.1) is 0 Å². The lowest BCUT2D eigenvalue weighted by Gasteiger charge is -2.36. The minimum atomic E-state index is -0.558. The second kappa shape index (κ2) is 5.69. The van der Waals surface area contributed by atoms with Crippen molar-refractivity contribution in [2.24, 2.45) is 17.6 Å². The third-order valence-electron chi connectivity index (χ3n) is 4.24. The van der Waals surface area contributed by atoms with Crippen LogP contribution in [-0.4, -0.2) is 41.8 Å². The van der Waals surface area contributed by atoms with Gasteiger partial charge < -0.3 is 10.6 Å². The number of carbonyl (C=O) groups excluding carboxylic acids is 3. The first-order valence-electron chi connectivity index (χ1n) is 6.87. The van der Waals surface area contributed by atoms with E-state index in [-0.39, 0.29) is 24.3 Å². The second-order valence-electron chi connectivity index (χ2n) is 5.51. The van der Waals surface area contributed by atoms with Crippen LogP contribution in [-0.2, 0) is 14.4 Å². The summed E-state index contributed by atoms with van der Waals surface area (Å²) in [5.74, 6) is -0.407. The van der Waals surface area contributed by atoms with Crippen LogP contribution in [0.5, 0.6) is 0 Å². The molecule has 19 heavy (non-hydrogen) atoms. The number of amides is 3. The van der Waals surface area contributed by atoms with Gasteiger partial charge in [0, 0.05) is 5.92 Å². The average Bonchev–Trinajstić information content (AvgIpc) is 2.42. The monoisotopic (exact) mass is 267 g/mol. The lowest BCUT2D eigenvalue weighted by atomic mass is 9.81. The molecule has 1 aliphatic carbocycles. The molecule has 1 heterocycles. The first-order valence-corrected chi connectivity index (χ1v) is 6.87. The molecule has 6 heteroatoms. The van der Waals surface area contributed by atoms with Crippen molar-refractivity contribution in [2.75, 3.05) is 13.1 Å². The normalized spacial score (nSPS) is 32.1. The molecule has 106 valence electrons. The van der Waals surface area contributed by atoms with Crippen LogP contribution in [0, 0.1) is 11.8 Å². The summed E-state index contributed by atoms with van der Waals surface area (Å²) in [4.78, 5) is 36.8. The Kier molecular flexibility index (Phi) is 4.19. The fraction of sp³-hybridized carbons (Fsp3) is 0.769. The quantitative estimate of drug-likeness (QED) is 0.667. The number of hydrogen-bond acceptors (Lipinski definition) is 4. The minimum Gasteiger partial charge on any atom is -0.330 e. The first kappa shape index (κ1) is 14.0. The molecule has 0 aromatic carbocycles. The van der Waals surface area contributed by atoms with E-state index in [0.717, 1.165) is 25.7 Å². The Balaban J connectivity index is 1.99. The highest BCUT2D eigenvalue weighted by molar-refractivity contribution is 6.04. The van der Waals surface area contributed by atoms with Crippen LogP contribution in [0.1, 0.15) is 32.6 Å². The Morgan fingerprint density at radius 1 is 1.32 bits per heavy atom. The summed E-state index contributed by atoms with van der Waals surface area (Å²) in [5.41, 5.74) is 5.63. The van der Waals surface area contributed by atoms with Gasteiger partial charge in [-0.05, 0) is 45.1 Å². The standard InChI is InChI=1S/C13H21N3O3/c1-8-12(18)15-11(17)7-16(8)13(19)10-4-2-9(6-14)3-5-10/h8-10H,2-7,14H2,1H3,(H,15,17,18). The van der Waals surface area contributed by atoms with E-state index < -0.39 is 11.9 Å². The van der Waals surface area contributed by atoms with Crippen molar-refractivity contribution in [1.82, 2.24) is 10.2 Å². The van der Waals surface area contributed by atoms with Gasteiger partial charge >= 0.3 is 0 Å². The molecule has 1 saturated carbocycles. The predicted octanol–water partition coefficient (Wildman–Crippen LogP) is -0.375. The van der Waals surface area contributed by atoms with Crippen molar-refractivity contribution in [3.8, 4) is 0 Å². The van der Waals surface area contributed by atoms with Gasteiger partial charge in [-0.25, -0.2) is 0 Å². The van der Waals surface area contributed by atoms with Gasteiger partial charge in [0.15, 0.2) is 0 Å². The third kappa shape index (κ3) is 2.94. The molecule has 1 atom stereocenters. The van der Waals surface area contributed by atoms with Crippen molar-refractivity contribution >= 4 is 17.7 Å². The van der Waals surface area contributed by atoms with E-state index in [1.54, 1.807) is 6.92 Å². The van der Waals surface area contributed by atoms with Gasteiger partial charge in [0.05, 0.1) is 0 Å². The molecule has 0 spiro atoms. The molecule has 0 radical (unpaired) electrons. The number of carbonyl (C=O) groups is 3. The summed E-state index contributed by atoms with van der Waals surface area (Å²) in [5, 5.41) is 2.24. The van der Waals surface area contributed by atoms with Crippen molar-refractivity contribution < 1.29 is 14.4 Å². The maximum Gasteiger partial charge on any atom is 0.249 e. The van der Waals surface area contributed by atoms with Gasteiger partial charge in [-0.2, -0.15) is 0 Å². The van der Waals surface area contributed by atoms with E-state index in [2.05, 4.69) is 5.32 Å². The molecule has 1 saturated heterocycles. The molecule has 2 rings (SSSR count). The number of imide groups is 1. The average molecular weight is 267 g/mol. The lowest BCUT2D eigenvalue weighted by Crippen LogP contribution is -2.59. The van der Waals surface area contributed by atoms with Gasteiger partial charge in [0.25, 0.3) is 0 Å². The number of nitrogens with one attached hydrogen (secondary N) is 1. The molecule has 1 aliphatic heterocycles. The number of rotatable bonds is 2. The molecular formula is C13H21N3O3. The molecular weight excluding hydrogens is 246 g/mol. The molecule has 1 unspecified atom stereocenters. The highest BCUT2D eigenvalue weighted by atomic mass is 16.2. The minimum absolute atomic E-state index is 0.0114. The Morgan fingerprint density at radius 3 is 2.53 bits per heavy atom.